The second kappa shape index (κ2) is 5.89. The van der Waals surface area contributed by atoms with Crippen LogP contribution in [0.25, 0.3) is 0 Å². The SMILES string of the molecule is CN(C(=O)N1CCC[C@@H]1C(=O)O)c1ccc(Cl)c(Cl)c1. The van der Waals surface area contributed by atoms with Crippen molar-refractivity contribution >= 4 is 40.9 Å². The minimum absolute atomic E-state index is 0.347. The number of halogens is 2. The number of amides is 2. The molecule has 2 rings (SSSR count). The molecule has 0 aromatic heterocycles. The van der Waals surface area contributed by atoms with Gasteiger partial charge in [-0.15, -0.1) is 0 Å². The van der Waals surface area contributed by atoms with Gasteiger partial charge in [-0.1, -0.05) is 23.2 Å². The number of carboxylic acid groups (broad SMARTS) is 1. The lowest BCUT2D eigenvalue weighted by molar-refractivity contribution is -0.141. The second-order valence-corrected chi connectivity index (χ2v) is 5.44. The Morgan fingerprint density at radius 3 is 2.65 bits per heavy atom. The van der Waals surface area contributed by atoms with Crippen molar-refractivity contribution in [1.82, 2.24) is 4.90 Å². The molecule has 0 aliphatic carbocycles. The quantitative estimate of drug-likeness (QED) is 0.912. The van der Waals surface area contributed by atoms with Crippen LogP contribution < -0.4 is 4.90 Å². The minimum Gasteiger partial charge on any atom is -0.480 e. The van der Waals surface area contributed by atoms with Gasteiger partial charge < -0.3 is 10.0 Å². The van der Waals surface area contributed by atoms with Gasteiger partial charge in [0.1, 0.15) is 6.04 Å². The van der Waals surface area contributed by atoms with Gasteiger partial charge in [-0.05, 0) is 31.0 Å². The number of carbonyl (C=O) groups excluding carboxylic acids is 1. The molecule has 0 saturated carbocycles. The van der Waals surface area contributed by atoms with E-state index in [1.54, 1.807) is 25.2 Å². The Balaban J connectivity index is 2.19. The van der Waals surface area contributed by atoms with Crippen LogP contribution in [-0.4, -0.2) is 41.6 Å². The van der Waals surface area contributed by atoms with Gasteiger partial charge in [0.15, 0.2) is 0 Å². The van der Waals surface area contributed by atoms with Crippen molar-refractivity contribution in [3.05, 3.63) is 28.2 Å². The van der Waals surface area contributed by atoms with E-state index in [1.165, 1.54) is 9.80 Å². The van der Waals surface area contributed by atoms with Crippen molar-refractivity contribution in [2.45, 2.75) is 18.9 Å². The molecule has 1 aromatic carbocycles. The fourth-order valence-electron chi connectivity index (χ4n) is 2.25. The normalized spacial score (nSPS) is 18.1. The molecule has 0 radical (unpaired) electrons. The van der Waals surface area contributed by atoms with Crippen LogP contribution in [0.4, 0.5) is 10.5 Å². The van der Waals surface area contributed by atoms with E-state index in [0.29, 0.717) is 35.1 Å². The third kappa shape index (κ3) is 2.83. The first-order valence-electron chi connectivity index (χ1n) is 6.14. The van der Waals surface area contributed by atoms with Crippen LogP contribution in [0, 0.1) is 0 Å². The van der Waals surface area contributed by atoms with E-state index in [4.69, 9.17) is 28.3 Å². The lowest BCUT2D eigenvalue weighted by Gasteiger charge is -2.27. The molecule has 5 nitrogen and oxygen atoms in total. The zero-order chi connectivity index (χ0) is 14.9. The summed E-state index contributed by atoms with van der Waals surface area (Å²) in [6.45, 7) is 0.446. The molecule has 1 saturated heterocycles. The summed E-state index contributed by atoms with van der Waals surface area (Å²) < 4.78 is 0. The first-order valence-corrected chi connectivity index (χ1v) is 6.89. The van der Waals surface area contributed by atoms with Crippen molar-refractivity contribution < 1.29 is 14.7 Å². The molecule has 1 atom stereocenters. The summed E-state index contributed by atoms with van der Waals surface area (Å²) in [5.41, 5.74) is 0.570. The van der Waals surface area contributed by atoms with Crippen molar-refractivity contribution in [1.29, 1.82) is 0 Å². The van der Waals surface area contributed by atoms with E-state index >= 15 is 0 Å². The number of likely N-dealkylation sites (tertiary alicyclic amines) is 1. The number of carbonyl (C=O) groups is 2. The standard InChI is InChI=1S/C13H14Cl2N2O3/c1-16(8-4-5-9(14)10(15)7-8)13(20)17-6-2-3-11(17)12(18)19/h4-5,7,11H,2-3,6H2,1H3,(H,18,19)/t11-/m1/s1. The van der Waals surface area contributed by atoms with E-state index in [1.807, 2.05) is 0 Å². The van der Waals surface area contributed by atoms with Crippen molar-refractivity contribution in [2.24, 2.45) is 0 Å². The summed E-state index contributed by atoms with van der Waals surface area (Å²) in [7, 11) is 1.58. The first-order chi connectivity index (χ1) is 9.41. The molecule has 1 fully saturated rings. The van der Waals surface area contributed by atoms with Gasteiger partial charge in [-0.3, -0.25) is 4.90 Å². The fraction of sp³-hybridized carbons (Fsp3) is 0.385. The molecule has 2 amide bonds. The van der Waals surface area contributed by atoms with Gasteiger partial charge in [0.2, 0.25) is 0 Å². The molecule has 1 aliphatic rings. The number of benzene rings is 1. The molecule has 1 N–H and O–H groups in total. The summed E-state index contributed by atoms with van der Waals surface area (Å²) >= 11 is 11.8. The Hall–Kier alpha value is -1.46. The summed E-state index contributed by atoms with van der Waals surface area (Å²) in [5.74, 6) is -0.974. The molecular weight excluding hydrogens is 303 g/mol. The Morgan fingerprint density at radius 2 is 2.05 bits per heavy atom. The summed E-state index contributed by atoms with van der Waals surface area (Å²) in [6, 6.07) is 3.73. The Morgan fingerprint density at radius 1 is 1.35 bits per heavy atom. The van der Waals surface area contributed by atoms with Crippen LogP contribution >= 0.6 is 23.2 Å². The number of hydrogen-bond acceptors (Lipinski definition) is 2. The summed E-state index contributed by atoms with van der Waals surface area (Å²) in [4.78, 5) is 26.2. The average Bonchev–Trinajstić information content (AvgIpc) is 2.89. The zero-order valence-corrected chi connectivity index (χ0v) is 12.4. The highest BCUT2D eigenvalue weighted by Gasteiger charge is 2.35. The van der Waals surface area contributed by atoms with Crippen LogP contribution in [0.5, 0.6) is 0 Å². The molecule has 108 valence electrons. The van der Waals surface area contributed by atoms with E-state index in [9.17, 15) is 9.59 Å². The Kier molecular flexibility index (Phi) is 4.40. The Labute approximate surface area is 126 Å². The van der Waals surface area contributed by atoms with Crippen molar-refractivity contribution in [3.63, 3.8) is 0 Å². The fourth-order valence-corrected chi connectivity index (χ4v) is 2.54. The highest BCUT2D eigenvalue weighted by Crippen LogP contribution is 2.28. The summed E-state index contributed by atoms with van der Waals surface area (Å²) in [5, 5.41) is 9.87. The van der Waals surface area contributed by atoms with Gasteiger partial charge in [-0.25, -0.2) is 9.59 Å². The highest BCUT2D eigenvalue weighted by molar-refractivity contribution is 6.42. The molecule has 0 unspecified atom stereocenters. The van der Waals surface area contributed by atoms with Crippen LogP contribution in [0.2, 0.25) is 10.0 Å². The number of hydrogen-bond donors (Lipinski definition) is 1. The second-order valence-electron chi connectivity index (χ2n) is 4.63. The van der Waals surface area contributed by atoms with Gasteiger partial charge in [-0.2, -0.15) is 0 Å². The summed E-state index contributed by atoms with van der Waals surface area (Å²) in [6.07, 6.45) is 1.17. The molecule has 1 aliphatic heterocycles. The maximum atomic E-state index is 12.4. The molecule has 0 spiro atoms. The van der Waals surface area contributed by atoms with Crippen molar-refractivity contribution in [3.8, 4) is 0 Å². The number of anilines is 1. The van der Waals surface area contributed by atoms with E-state index in [-0.39, 0.29) is 6.03 Å². The number of aliphatic carboxylic acids is 1. The molecule has 1 heterocycles. The highest BCUT2D eigenvalue weighted by atomic mass is 35.5. The molecule has 1 aromatic rings. The lowest BCUT2D eigenvalue weighted by Crippen LogP contribution is -2.46. The third-order valence-electron chi connectivity index (χ3n) is 3.36. The van der Waals surface area contributed by atoms with Gasteiger partial charge in [0.05, 0.1) is 10.0 Å². The largest absolute Gasteiger partial charge is 0.480 e. The zero-order valence-electron chi connectivity index (χ0n) is 10.8. The van der Waals surface area contributed by atoms with E-state index in [2.05, 4.69) is 0 Å². The van der Waals surface area contributed by atoms with Gasteiger partial charge in [0, 0.05) is 19.3 Å². The van der Waals surface area contributed by atoms with Crippen LogP contribution in [-0.2, 0) is 4.79 Å². The first kappa shape index (κ1) is 14.9. The maximum absolute atomic E-state index is 12.4. The lowest BCUT2D eigenvalue weighted by atomic mass is 10.2. The average molecular weight is 317 g/mol. The topological polar surface area (TPSA) is 60.9 Å². The number of carboxylic acids is 1. The molecule has 20 heavy (non-hydrogen) atoms. The van der Waals surface area contributed by atoms with E-state index < -0.39 is 12.0 Å². The van der Waals surface area contributed by atoms with Crippen LogP contribution in [0.15, 0.2) is 18.2 Å². The smallest absolute Gasteiger partial charge is 0.326 e. The molecular formula is C13H14Cl2N2O3. The minimum atomic E-state index is -0.974. The van der Waals surface area contributed by atoms with Gasteiger partial charge in [0.25, 0.3) is 0 Å². The molecule has 7 heteroatoms. The number of rotatable bonds is 2. The number of urea groups is 1. The van der Waals surface area contributed by atoms with Gasteiger partial charge >= 0.3 is 12.0 Å². The monoisotopic (exact) mass is 316 g/mol. The Bertz CT molecular complexity index is 550. The predicted molar refractivity (Wildman–Crippen MR) is 77.6 cm³/mol. The van der Waals surface area contributed by atoms with Crippen molar-refractivity contribution in [2.75, 3.05) is 18.5 Å². The third-order valence-corrected chi connectivity index (χ3v) is 4.10. The molecule has 0 bridgehead atoms. The maximum Gasteiger partial charge on any atom is 0.326 e. The van der Waals surface area contributed by atoms with Crippen LogP contribution in [0.1, 0.15) is 12.8 Å². The number of nitrogens with zero attached hydrogens (tertiary/aromatic N) is 2. The predicted octanol–water partition coefficient (Wildman–Crippen LogP) is 3.10. The van der Waals surface area contributed by atoms with E-state index in [0.717, 1.165) is 0 Å². The van der Waals surface area contributed by atoms with Crippen LogP contribution in [0.3, 0.4) is 0 Å².